The van der Waals surface area contributed by atoms with Crippen LogP contribution in [0.4, 0.5) is 0 Å². The molecule has 0 radical (unpaired) electrons. The van der Waals surface area contributed by atoms with Gasteiger partial charge in [0.25, 0.3) is 0 Å². The molecule has 4 unspecified atom stereocenters. The van der Waals surface area contributed by atoms with Crippen molar-refractivity contribution in [3.05, 3.63) is 60.8 Å². The van der Waals surface area contributed by atoms with Crippen LogP contribution in [0, 0.1) is 0 Å². The van der Waals surface area contributed by atoms with Gasteiger partial charge < -0.3 is 25.7 Å². The standard InChI is InChI=1S/C58H107NO5/c1-3-5-7-9-11-13-15-17-19-21-23-25-27-28-29-30-32-34-36-38-40-42-44-46-48-50-52-56(62)58(64)59-54(53-60)57(63)55(61)51-49-47-45-43-41-39-37-35-33-31-26-24-22-20-18-16-14-12-10-8-6-4-2/h23-26,28-29,35,37,43,45,54-57,60-63H,3-22,27,30-34,36,38-42,44,46-53H2,1-2H3,(H,59,64)/b25-23-,26-24+,29-28-,37-35+,45-43+. The third-order valence-electron chi connectivity index (χ3n) is 12.7. The molecular weight excluding hydrogens is 791 g/mol. The summed E-state index contributed by atoms with van der Waals surface area (Å²) in [6, 6.07) is -1.02. The number of hydrogen-bond donors (Lipinski definition) is 5. The lowest BCUT2D eigenvalue weighted by molar-refractivity contribution is -0.132. The van der Waals surface area contributed by atoms with Crippen LogP contribution in [0.3, 0.4) is 0 Å². The lowest BCUT2D eigenvalue weighted by atomic mass is 10.00. The topological polar surface area (TPSA) is 110 Å². The van der Waals surface area contributed by atoms with Gasteiger partial charge in [-0.05, 0) is 96.3 Å². The van der Waals surface area contributed by atoms with Crippen LogP contribution in [0.2, 0.25) is 0 Å². The summed E-state index contributed by atoms with van der Waals surface area (Å²) in [6.45, 7) is 4.05. The molecule has 0 aromatic heterocycles. The number of allylic oxidation sites excluding steroid dienone is 10. The molecule has 0 aliphatic rings. The highest BCUT2D eigenvalue weighted by Crippen LogP contribution is 2.16. The molecule has 0 saturated carbocycles. The first kappa shape index (κ1) is 62.0. The molecule has 0 bridgehead atoms. The Morgan fingerprint density at radius 2 is 0.703 bits per heavy atom. The Hall–Kier alpha value is -1.99. The number of nitrogens with one attached hydrogen (secondary N) is 1. The van der Waals surface area contributed by atoms with Gasteiger partial charge in [0, 0.05) is 0 Å². The predicted molar refractivity (Wildman–Crippen MR) is 279 cm³/mol. The second-order valence-corrected chi connectivity index (χ2v) is 18.9. The highest BCUT2D eigenvalue weighted by Gasteiger charge is 2.28. The number of rotatable bonds is 50. The minimum Gasteiger partial charge on any atom is -0.394 e. The van der Waals surface area contributed by atoms with Crippen LogP contribution in [-0.2, 0) is 4.79 Å². The van der Waals surface area contributed by atoms with Gasteiger partial charge in [-0.3, -0.25) is 4.79 Å². The second-order valence-electron chi connectivity index (χ2n) is 18.9. The number of amides is 1. The van der Waals surface area contributed by atoms with E-state index in [1.165, 1.54) is 180 Å². The smallest absolute Gasteiger partial charge is 0.249 e. The lowest BCUT2D eigenvalue weighted by Gasteiger charge is -2.27. The molecule has 1 amide bonds. The summed E-state index contributed by atoms with van der Waals surface area (Å²) in [7, 11) is 0. The molecule has 0 spiro atoms. The molecule has 0 aromatic carbocycles. The average molecular weight is 898 g/mol. The molecule has 0 heterocycles. The molecule has 64 heavy (non-hydrogen) atoms. The zero-order valence-electron chi connectivity index (χ0n) is 42.3. The fraction of sp³-hybridized carbons (Fsp3) is 0.810. The SMILES string of the molecule is CCCCCCCCCCC/C=C\C/C=C\CCCCCCCCCCCCC(O)C(=O)NC(CO)C(O)C(O)CCC/C=C/CC/C=C/CC/C=C/CCCCCCCCCCC. The van der Waals surface area contributed by atoms with Gasteiger partial charge in [-0.1, -0.05) is 235 Å². The second kappa shape index (κ2) is 52.0. The number of aliphatic hydroxyl groups excluding tert-OH is 4. The summed E-state index contributed by atoms with van der Waals surface area (Å²) in [6.07, 6.45) is 67.1. The number of carbonyl (C=O) groups is 1. The molecule has 0 fully saturated rings. The Balaban J connectivity index is 3.74. The van der Waals surface area contributed by atoms with Gasteiger partial charge in [-0.2, -0.15) is 0 Å². The van der Waals surface area contributed by atoms with E-state index in [2.05, 4.69) is 79.9 Å². The van der Waals surface area contributed by atoms with Crippen LogP contribution in [-0.4, -0.2) is 57.3 Å². The fourth-order valence-corrected chi connectivity index (χ4v) is 8.29. The minimum absolute atomic E-state index is 0.353. The van der Waals surface area contributed by atoms with Crippen LogP contribution >= 0.6 is 0 Å². The monoisotopic (exact) mass is 898 g/mol. The molecule has 0 rings (SSSR count). The third-order valence-corrected chi connectivity index (χ3v) is 12.7. The van der Waals surface area contributed by atoms with Crippen molar-refractivity contribution in [2.24, 2.45) is 0 Å². The normalized spacial score (nSPS) is 14.3. The van der Waals surface area contributed by atoms with E-state index in [1.807, 2.05) is 0 Å². The van der Waals surface area contributed by atoms with Gasteiger partial charge in [0.2, 0.25) is 5.91 Å². The van der Waals surface area contributed by atoms with Crippen LogP contribution < -0.4 is 5.32 Å². The molecule has 5 N–H and O–H groups in total. The van der Waals surface area contributed by atoms with Gasteiger partial charge in [0.15, 0.2) is 0 Å². The van der Waals surface area contributed by atoms with Crippen LogP contribution in [0.5, 0.6) is 0 Å². The minimum atomic E-state index is -1.30. The summed E-state index contributed by atoms with van der Waals surface area (Å²) in [4.78, 5) is 12.6. The van der Waals surface area contributed by atoms with Gasteiger partial charge in [-0.25, -0.2) is 0 Å². The van der Waals surface area contributed by atoms with E-state index in [9.17, 15) is 25.2 Å². The van der Waals surface area contributed by atoms with E-state index in [1.54, 1.807) is 0 Å². The highest BCUT2D eigenvalue weighted by atomic mass is 16.3. The van der Waals surface area contributed by atoms with Crippen molar-refractivity contribution >= 4 is 5.91 Å². The van der Waals surface area contributed by atoms with E-state index in [0.29, 0.717) is 19.3 Å². The number of carbonyl (C=O) groups excluding carboxylic acids is 1. The first-order valence-corrected chi connectivity index (χ1v) is 27.7. The van der Waals surface area contributed by atoms with Crippen molar-refractivity contribution in [2.75, 3.05) is 6.61 Å². The Morgan fingerprint density at radius 1 is 0.391 bits per heavy atom. The maximum absolute atomic E-state index is 12.6. The Bertz CT molecular complexity index is 1100. The predicted octanol–water partition coefficient (Wildman–Crippen LogP) is 16.0. The number of aliphatic hydroxyl groups is 4. The summed E-state index contributed by atoms with van der Waals surface area (Å²) >= 11 is 0. The molecule has 4 atom stereocenters. The number of hydrogen-bond acceptors (Lipinski definition) is 5. The Kier molecular flexibility index (Phi) is 50.4. The van der Waals surface area contributed by atoms with E-state index in [-0.39, 0.29) is 0 Å². The third kappa shape index (κ3) is 45.2. The first-order chi connectivity index (χ1) is 31.5. The Morgan fingerprint density at radius 3 is 1.08 bits per heavy atom. The number of unbranched alkanes of at least 4 members (excludes halogenated alkanes) is 31. The maximum Gasteiger partial charge on any atom is 0.249 e. The highest BCUT2D eigenvalue weighted by molar-refractivity contribution is 5.80. The maximum atomic E-state index is 12.6. The molecule has 374 valence electrons. The molecule has 0 aliphatic carbocycles. The van der Waals surface area contributed by atoms with Crippen molar-refractivity contribution in [2.45, 2.75) is 295 Å². The van der Waals surface area contributed by atoms with Gasteiger partial charge in [0.1, 0.15) is 12.2 Å². The van der Waals surface area contributed by atoms with Crippen molar-refractivity contribution in [3.8, 4) is 0 Å². The molecule has 6 heteroatoms. The largest absolute Gasteiger partial charge is 0.394 e. The lowest BCUT2D eigenvalue weighted by Crippen LogP contribution is -2.53. The van der Waals surface area contributed by atoms with Crippen molar-refractivity contribution in [1.29, 1.82) is 0 Å². The molecular formula is C58H107NO5. The summed E-state index contributed by atoms with van der Waals surface area (Å²) in [5, 5.41) is 43.9. The van der Waals surface area contributed by atoms with E-state index < -0.39 is 36.9 Å². The average Bonchev–Trinajstić information content (AvgIpc) is 3.30. The van der Waals surface area contributed by atoms with E-state index >= 15 is 0 Å². The Labute approximate surface area is 397 Å². The zero-order chi connectivity index (χ0) is 46.7. The summed E-state index contributed by atoms with van der Waals surface area (Å²) in [5.74, 6) is -0.602. The molecule has 0 saturated heterocycles. The fourth-order valence-electron chi connectivity index (χ4n) is 8.29. The van der Waals surface area contributed by atoms with Crippen molar-refractivity contribution in [1.82, 2.24) is 5.32 Å². The summed E-state index contributed by atoms with van der Waals surface area (Å²) in [5.41, 5.74) is 0. The van der Waals surface area contributed by atoms with Gasteiger partial charge in [-0.15, -0.1) is 0 Å². The van der Waals surface area contributed by atoms with Crippen LogP contribution in [0.1, 0.15) is 271 Å². The first-order valence-electron chi connectivity index (χ1n) is 27.7. The van der Waals surface area contributed by atoms with E-state index in [0.717, 1.165) is 57.8 Å². The quantitative estimate of drug-likeness (QED) is 0.0309. The van der Waals surface area contributed by atoms with Crippen LogP contribution in [0.25, 0.3) is 0 Å². The van der Waals surface area contributed by atoms with Crippen LogP contribution in [0.15, 0.2) is 60.8 Å². The summed E-state index contributed by atoms with van der Waals surface area (Å²) < 4.78 is 0. The molecule has 0 aromatic rings. The van der Waals surface area contributed by atoms with Crippen molar-refractivity contribution in [3.63, 3.8) is 0 Å². The van der Waals surface area contributed by atoms with Gasteiger partial charge in [0.05, 0.1) is 18.8 Å². The van der Waals surface area contributed by atoms with Crippen molar-refractivity contribution < 1.29 is 25.2 Å². The molecule has 0 aliphatic heterocycles. The van der Waals surface area contributed by atoms with Gasteiger partial charge >= 0.3 is 0 Å². The van der Waals surface area contributed by atoms with E-state index in [4.69, 9.17) is 0 Å². The molecule has 6 nitrogen and oxygen atoms in total. The zero-order valence-corrected chi connectivity index (χ0v) is 42.3.